The summed E-state index contributed by atoms with van der Waals surface area (Å²) >= 11 is 0. The van der Waals surface area contributed by atoms with Crippen LogP contribution in [0.5, 0.6) is 5.75 Å². The third kappa shape index (κ3) is 3.61. The normalized spacial score (nSPS) is 9.38. The van der Waals surface area contributed by atoms with Gasteiger partial charge in [0, 0.05) is 0 Å². The minimum absolute atomic E-state index is 0.0149. The van der Waals surface area contributed by atoms with Crippen LogP contribution in [-0.2, 0) is 4.79 Å². The first kappa shape index (κ1) is 12.0. The largest absolute Gasteiger partial charge is 0.495 e. The molecule has 0 bridgehead atoms. The Balaban J connectivity index is 2.58. The Morgan fingerprint density at radius 2 is 2.00 bits per heavy atom. The van der Waals surface area contributed by atoms with Gasteiger partial charge in [-0.05, 0) is 19.1 Å². The van der Waals surface area contributed by atoms with Crippen molar-refractivity contribution in [1.29, 1.82) is 0 Å². The lowest BCUT2D eigenvalue weighted by molar-refractivity contribution is -0.116. The molecule has 0 radical (unpaired) electrons. The maximum absolute atomic E-state index is 11.4. The maximum atomic E-state index is 11.4. The molecule has 5 heteroatoms. The Hall–Kier alpha value is -2.04. The van der Waals surface area contributed by atoms with Crippen molar-refractivity contribution in [2.45, 2.75) is 6.92 Å². The molecule has 0 aromatic heterocycles. The van der Waals surface area contributed by atoms with Crippen molar-refractivity contribution < 1.29 is 14.3 Å². The Morgan fingerprint density at radius 1 is 1.31 bits per heavy atom. The minimum Gasteiger partial charge on any atom is -0.495 e. The molecule has 0 atom stereocenters. The van der Waals surface area contributed by atoms with E-state index in [0.717, 1.165) is 0 Å². The third-order valence-electron chi connectivity index (χ3n) is 1.85. The fraction of sp³-hybridized carbons (Fsp3) is 0.273. The zero-order chi connectivity index (χ0) is 12.0. The number of rotatable bonds is 4. The molecule has 0 fully saturated rings. The number of methoxy groups -OCH3 is 1. The van der Waals surface area contributed by atoms with Gasteiger partial charge in [-0.1, -0.05) is 12.1 Å². The molecule has 1 aromatic carbocycles. The highest BCUT2D eigenvalue weighted by molar-refractivity contribution is 5.93. The predicted molar refractivity (Wildman–Crippen MR) is 60.7 cm³/mol. The molecule has 0 heterocycles. The van der Waals surface area contributed by atoms with E-state index < -0.39 is 6.03 Å². The van der Waals surface area contributed by atoms with E-state index in [2.05, 4.69) is 10.6 Å². The number of carbonyl (C=O) groups is 2. The van der Waals surface area contributed by atoms with Gasteiger partial charge in [-0.15, -0.1) is 0 Å². The van der Waals surface area contributed by atoms with Crippen LogP contribution in [0.15, 0.2) is 24.3 Å². The van der Waals surface area contributed by atoms with Crippen LogP contribution in [0.1, 0.15) is 6.92 Å². The smallest absolute Gasteiger partial charge is 0.319 e. The van der Waals surface area contributed by atoms with Crippen molar-refractivity contribution >= 4 is 17.5 Å². The molecule has 2 amide bonds. The SMILES string of the molecule is COc1ccccc1NC(=O)NCC(C)=O. The van der Waals surface area contributed by atoms with E-state index in [4.69, 9.17) is 4.74 Å². The van der Waals surface area contributed by atoms with Gasteiger partial charge in [-0.3, -0.25) is 4.79 Å². The van der Waals surface area contributed by atoms with Crippen molar-refractivity contribution in [1.82, 2.24) is 5.32 Å². The summed E-state index contributed by atoms with van der Waals surface area (Å²) in [7, 11) is 1.52. The number of ketones is 1. The molecule has 0 aliphatic heterocycles. The van der Waals surface area contributed by atoms with Crippen molar-refractivity contribution in [3.63, 3.8) is 0 Å². The number of Topliss-reactive ketones (excluding diaryl/α,β-unsaturated/α-hetero) is 1. The van der Waals surface area contributed by atoms with Gasteiger partial charge in [-0.25, -0.2) is 4.79 Å². The third-order valence-corrected chi connectivity index (χ3v) is 1.85. The molecule has 0 saturated carbocycles. The van der Waals surface area contributed by atoms with Crippen LogP contribution in [0.2, 0.25) is 0 Å². The van der Waals surface area contributed by atoms with Crippen LogP contribution in [0.25, 0.3) is 0 Å². The highest BCUT2D eigenvalue weighted by Crippen LogP contribution is 2.22. The van der Waals surface area contributed by atoms with Crippen molar-refractivity contribution in [3.05, 3.63) is 24.3 Å². The van der Waals surface area contributed by atoms with Crippen LogP contribution < -0.4 is 15.4 Å². The minimum atomic E-state index is -0.431. The molecule has 0 aliphatic carbocycles. The zero-order valence-corrected chi connectivity index (χ0v) is 9.24. The topological polar surface area (TPSA) is 67.4 Å². The number of anilines is 1. The molecule has 2 N–H and O–H groups in total. The molecule has 86 valence electrons. The van der Waals surface area contributed by atoms with Crippen LogP contribution >= 0.6 is 0 Å². The summed E-state index contributed by atoms with van der Waals surface area (Å²) in [4.78, 5) is 22.0. The molecule has 0 saturated heterocycles. The van der Waals surface area contributed by atoms with E-state index in [1.54, 1.807) is 24.3 Å². The molecular weight excluding hydrogens is 208 g/mol. The van der Waals surface area contributed by atoms with E-state index in [9.17, 15) is 9.59 Å². The highest BCUT2D eigenvalue weighted by Gasteiger charge is 2.06. The van der Waals surface area contributed by atoms with E-state index in [1.165, 1.54) is 14.0 Å². The lowest BCUT2D eigenvalue weighted by atomic mass is 10.3. The monoisotopic (exact) mass is 222 g/mol. The number of ether oxygens (including phenoxy) is 1. The van der Waals surface area contributed by atoms with E-state index in [1.807, 2.05) is 0 Å². The van der Waals surface area contributed by atoms with E-state index in [0.29, 0.717) is 11.4 Å². The first-order valence-corrected chi connectivity index (χ1v) is 4.81. The number of nitrogens with one attached hydrogen (secondary N) is 2. The Labute approximate surface area is 93.8 Å². The Bertz CT molecular complexity index is 391. The van der Waals surface area contributed by atoms with Crippen LogP contribution in [0.3, 0.4) is 0 Å². The van der Waals surface area contributed by atoms with Gasteiger partial charge in [0.25, 0.3) is 0 Å². The fourth-order valence-electron chi connectivity index (χ4n) is 1.12. The summed E-state index contributed by atoms with van der Waals surface area (Å²) < 4.78 is 5.06. The standard InChI is InChI=1S/C11H14N2O3/c1-8(14)7-12-11(15)13-9-5-3-4-6-10(9)16-2/h3-6H,7H2,1-2H3,(H2,12,13,15). The first-order chi connectivity index (χ1) is 7.63. The van der Waals surface area contributed by atoms with Gasteiger partial charge in [0.15, 0.2) is 0 Å². The molecule has 5 nitrogen and oxygen atoms in total. The summed E-state index contributed by atoms with van der Waals surface area (Å²) in [6.07, 6.45) is 0. The first-order valence-electron chi connectivity index (χ1n) is 4.81. The molecule has 0 aliphatic rings. The highest BCUT2D eigenvalue weighted by atomic mass is 16.5. The number of carbonyl (C=O) groups excluding carboxylic acids is 2. The Morgan fingerprint density at radius 3 is 2.62 bits per heavy atom. The molecule has 0 unspecified atom stereocenters. The summed E-state index contributed by atoms with van der Waals surface area (Å²) in [5.41, 5.74) is 0.561. The van der Waals surface area contributed by atoms with E-state index in [-0.39, 0.29) is 12.3 Å². The number of hydrogen-bond acceptors (Lipinski definition) is 3. The van der Waals surface area contributed by atoms with Crippen LogP contribution in [0, 0.1) is 0 Å². The summed E-state index contributed by atoms with van der Waals surface area (Å²) in [6, 6.07) is 6.60. The number of benzene rings is 1. The van der Waals surface area contributed by atoms with Crippen molar-refractivity contribution in [2.75, 3.05) is 19.0 Å². The molecule has 1 aromatic rings. The second-order valence-electron chi connectivity index (χ2n) is 3.21. The van der Waals surface area contributed by atoms with Crippen molar-refractivity contribution in [2.24, 2.45) is 0 Å². The maximum Gasteiger partial charge on any atom is 0.319 e. The van der Waals surface area contributed by atoms with Crippen molar-refractivity contribution in [3.8, 4) is 5.75 Å². The number of para-hydroxylation sites is 2. The summed E-state index contributed by atoms with van der Waals surface area (Å²) in [5, 5.41) is 5.02. The summed E-state index contributed by atoms with van der Waals surface area (Å²) in [5.74, 6) is 0.468. The van der Waals surface area contributed by atoms with Gasteiger partial charge in [-0.2, -0.15) is 0 Å². The van der Waals surface area contributed by atoms with Gasteiger partial charge >= 0.3 is 6.03 Å². The lowest BCUT2D eigenvalue weighted by Crippen LogP contribution is -2.32. The fourth-order valence-corrected chi connectivity index (χ4v) is 1.12. The lowest BCUT2D eigenvalue weighted by Gasteiger charge is -2.09. The van der Waals surface area contributed by atoms with E-state index >= 15 is 0 Å². The molecule has 0 spiro atoms. The van der Waals surface area contributed by atoms with Gasteiger partial charge in [0.1, 0.15) is 11.5 Å². The average molecular weight is 222 g/mol. The van der Waals surface area contributed by atoms with Gasteiger partial charge < -0.3 is 15.4 Å². The molecule has 1 rings (SSSR count). The summed E-state index contributed by atoms with van der Waals surface area (Å²) in [6.45, 7) is 1.42. The molecular formula is C11H14N2O3. The average Bonchev–Trinajstić information content (AvgIpc) is 2.27. The van der Waals surface area contributed by atoms with Gasteiger partial charge in [0.05, 0.1) is 19.3 Å². The number of urea groups is 1. The Kier molecular flexibility index (Phi) is 4.32. The predicted octanol–water partition coefficient (Wildman–Crippen LogP) is 1.41. The second-order valence-corrected chi connectivity index (χ2v) is 3.21. The van der Waals surface area contributed by atoms with Gasteiger partial charge in [0.2, 0.25) is 0 Å². The zero-order valence-electron chi connectivity index (χ0n) is 9.24. The second kappa shape index (κ2) is 5.75. The van der Waals surface area contributed by atoms with Crippen LogP contribution in [-0.4, -0.2) is 25.5 Å². The van der Waals surface area contributed by atoms with Crippen LogP contribution in [0.4, 0.5) is 10.5 Å². The molecule has 16 heavy (non-hydrogen) atoms. The number of amides is 2. The number of hydrogen-bond donors (Lipinski definition) is 2. The quantitative estimate of drug-likeness (QED) is 0.809.